The van der Waals surface area contributed by atoms with Gasteiger partial charge in [0.1, 0.15) is 11.9 Å². The molecule has 0 bridgehead atoms. The van der Waals surface area contributed by atoms with Gasteiger partial charge in [-0.1, -0.05) is 0 Å². The van der Waals surface area contributed by atoms with Gasteiger partial charge in [0.2, 0.25) is 5.95 Å². The van der Waals surface area contributed by atoms with Gasteiger partial charge in [-0.2, -0.15) is 9.97 Å². The van der Waals surface area contributed by atoms with E-state index in [1.165, 1.54) is 6.33 Å². The molecule has 0 fully saturated rings. The van der Waals surface area contributed by atoms with Crippen molar-refractivity contribution in [3.63, 3.8) is 0 Å². The number of methoxy groups -OCH3 is 1. The van der Waals surface area contributed by atoms with E-state index in [2.05, 4.69) is 15.0 Å². The fourth-order valence-corrected chi connectivity index (χ4v) is 3.05. The number of ether oxygens (including phenoxy) is 2. The fraction of sp³-hybridized carbons (Fsp3) is 0.615. The van der Waals surface area contributed by atoms with Crippen LogP contribution >= 0.6 is 7.60 Å². The van der Waals surface area contributed by atoms with Crippen molar-refractivity contribution < 1.29 is 23.5 Å². The molecule has 0 saturated heterocycles. The van der Waals surface area contributed by atoms with Crippen LogP contribution in [-0.2, 0) is 25.1 Å². The maximum absolute atomic E-state index is 11.9. The average Bonchev–Trinajstić information content (AvgIpc) is 2.93. The van der Waals surface area contributed by atoms with Crippen LogP contribution in [0.25, 0.3) is 11.2 Å². The molecule has 11 nitrogen and oxygen atoms in total. The number of anilines is 2. The summed E-state index contributed by atoms with van der Waals surface area (Å²) in [5.74, 6) is 0.240. The smallest absolute Gasteiger partial charge is 0.353 e. The number of nitrogen functional groups attached to an aromatic ring is 2. The summed E-state index contributed by atoms with van der Waals surface area (Å²) in [6.45, 7) is 2.68. The molecule has 0 aliphatic rings. The minimum atomic E-state index is -3.81. The van der Waals surface area contributed by atoms with Crippen molar-refractivity contribution in [1.29, 1.82) is 0 Å². The molecule has 12 heteroatoms. The molecule has 2 rings (SSSR count). The molecule has 0 aliphatic carbocycles. The molecule has 140 valence electrons. The van der Waals surface area contributed by atoms with Crippen LogP contribution in [0.2, 0.25) is 0 Å². The van der Waals surface area contributed by atoms with Gasteiger partial charge in [0, 0.05) is 13.7 Å². The Bertz CT molecular complexity index is 754. The molecule has 2 heterocycles. The van der Waals surface area contributed by atoms with Crippen LogP contribution < -0.4 is 11.5 Å². The number of aromatic nitrogens is 4. The van der Waals surface area contributed by atoms with Gasteiger partial charge in [0.15, 0.2) is 11.5 Å². The van der Waals surface area contributed by atoms with Gasteiger partial charge in [0.25, 0.3) is 0 Å². The monoisotopic (exact) mass is 374 g/mol. The Morgan fingerprint density at radius 3 is 2.84 bits per heavy atom. The Morgan fingerprint density at radius 2 is 2.12 bits per heavy atom. The summed E-state index contributed by atoms with van der Waals surface area (Å²) in [6.07, 6.45) is 1.26. The van der Waals surface area contributed by atoms with Crippen molar-refractivity contribution >= 4 is 30.5 Å². The Hall–Kier alpha value is -1.78. The van der Waals surface area contributed by atoms with Gasteiger partial charge < -0.3 is 34.9 Å². The van der Waals surface area contributed by atoms with Crippen LogP contribution in [0.1, 0.15) is 13.3 Å². The summed E-state index contributed by atoms with van der Waals surface area (Å²) in [7, 11) is -2.26. The SMILES string of the molecule is COCCCOP(=O)(O)CO[C@H](C)Cn1cnc2c(N)nc(N)nc21. The highest BCUT2D eigenvalue weighted by atomic mass is 31.2. The highest BCUT2D eigenvalue weighted by molar-refractivity contribution is 7.52. The number of hydrogen-bond donors (Lipinski definition) is 3. The van der Waals surface area contributed by atoms with Crippen molar-refractivity contribution in [3.05, 3.63) is 6.33 Å². The lowest BCUT2D eigenvalue weighted by atomic mass is 10.4. The van der Waals surface area contributed by atoms with Gasteiger partial charge in [-0.3, -0.25) is 4.57 Å². The van der Waals surface area contributed by atoms with E-state index in [9.17, 15) is 9.46 Å². The molecule has 1 unspecified atom stereocenters. The molecule has 25 heavy (non-hydrogen) atoms. The number of nitrogens with two attached hydrogens (primary N) is 2. The second kappa shape index (κ2) is 8.54. The zero-order valence-electron chi connectivity index (χ0n) is 14.2. The summed E-state index contributed by atoms with van der Waals surface area (Å²) in [5, 5.41) is 0. The second-order valence-electron chi connectivity index (χ2n) is 5.46. The lowest BCUT2D eigenvalue weighted by molar-refractivity contribution is 0.0704. The van der Waals surface area contributed by atoms with E-state index in [1.807, 2.05) is 0 Å². The van der Waals surface area contributed by atoms with E-state index >= 15 is 0 Å². The number of rotatable bonds is 10. The largest absolute Gasteiger partial charge is 0.385 e. The molecular formula is C13H23N6O5P. The fourth-order valence-electron chi connectivity index (χ4n) is 2.12. The lowest BCUT2D eigenvalue weighted by Crippen LogP contribution is -2.18. The number of fused-ring (bicyclic) bond motifs is 1. The van der Waals surface area contributed by atoms with Crippen molar-refractivity contribution in [2.75, 3.05) is 38.1 Å². The van der Waals surface area contributed by atoms with Gasteiger partial charge in [-0.25, -0.2) is 4.98 Å². The van der Waals surface area contributed by atoms with E-state index < -0.39 is 20.0 Å². The minimum Gasteiger partial charge on any atom is -0.385 e. The first kappa shape index (κ1) is 19.5. The molecule has 0 radical (unpaired) electrons. The number of nitrogens with zero attached hydrogens (tertiary/aromatic N) is 4. The zero-order chi connectivity index (χ0) is 18.4. The van der Waals surface area contributed by atoms with Crippen LogP contribution in [0.15, 0.2) is 6.33 Å². The summed E-state index contributed by atoms with van der Waals surface area (Å²) < 4.78 is 28.8. The van der Waals surface area contributed by atoms with E-state index in [4.69, 9.17) is 25.5 Å². The topological polar surface area (TPSA) is 161 Å². The van der Waals surface area contributed by atoms with E-state index in [0.717, 1.165) is 0 Å². The van der Waals surface area contributed by atoms with E-state index in [1.54, 1.807) is 18.6 Å². The van der Waals surface area contributed by atoms with Crippen molar-refractivity contribution in [1.82, 2.24) is 19.5 Å². The predicted octanol–water partition coefficient (Wildman–Crippen LogP) is 0.592. The van der Waals surface area contributed by atoms with Crippen LogP contribution in [0.4, 0.5) is 11.8 Å². The molecule has 2 aromatic rings. The van der Waals surface area contributed by atoms with Gasteiger partial charge in [-0.05, 0) is 13.3 Å². The van der Waals surface area contributed by atoms with Crippen LogP contribution in [0, 0.1) is 0 Å². The highest BCUT2D eigenvalue weighted by Crippen LogP contribution is 2.42. The molecule has 0 amide bonds. The molecule has 0 aromatic carbocycles. The normalized spacial score (nSPS) is 15.3. The van der Waals surface area contributed by atoms with Crippen LogP contribution in [0.5, 0.6) is 0 Å². The Kier molecular flexibility index (Phi) is 6.68. The molecular weight excluding hydrogens is 351 g/mol. The van der Waals surface area contributed by atoms with Crippen molar-refractivity contribution in [2.45, 2.75) is 26.0 Å². The van der Waals surface area contributed by atoms with Crippen LogP contribution in [0.3, 0.4) is 0 Å². The minimum absolute atomic E-state index is 0.0460. The molecule has 0 spiro atoms. The molecule has 0 aliphatic heterocycles. The first-order chi connectivity index (χ1) is 11.8. The van der Waals surface area contributed by atoms with Crippen molar-refractivity contribution in [2.24, 2.45) is 0 Å². The third kappa shape index (κ3) is 5.62. The molecule has 5 N–H and O–H groups in total. The van der Waals surface area contributed by atoms with Crippen LogP contribution in [-0.4, -0.2) is 57.2 Å². The molecule has 0 saturated carbocycles. The number of imidazole rings is 1. The summed E-state index contributed by atoms with van der Waals surface area (Å²) in [6, 6.07) is 0. The maximum Gasteiger partial charge on any atom is 0.353 e. The average molecular weight is 374 g/mol. The Labute approximate surface area is 144 Å². The summed E-state index contributed by atoms with van der Waals surface area (Å²) >= 11 is 0. The van der Waals surface area contributed by atoms with Gasteiger partial charge in [0.05, 0.1) is 25.6 Å². The maximum atomic E-state index is 11.9. The summed E-state index contributed by atoms with van der Waals surface area (Å²) in [4.78, 5) is 21.8. The first-order valence-electron chi connectivity index (χ1n) is 7.63. The zero-order valence-corrected chi connectivity index (χ0v) is 15.1. The summed E-state index contributed by atoms with van der Waals surface area (Å²) in [5.41, 5.74) is 12.3. The van der Waals surface area contributed by atoms with E-state index in [0.29, 0.717) is 30.7 Å². The first-order valence-corrected chi connectivity index (χ1v) is 9.39. The van der Waals surface area contributed by atoms with Gasteiger partial charge in [-0.15, -0.1) is 0 Å². The van der Waals surface area contributed by atoms with Gasteiger partial charge >= 0.3 is 7.60 Å². The second-order valence-corrected chi connectivity index (χ2v) is 7.25. The predicted molar refractivity (Wildman–Crippen MR) is 91.8 cm³/mol. The molecule has 2 aromatic heterocycles. The Balaban J connectivity index is 1.90. The molecule has 2 atom stereocenters. The van der Waals surface area contributed by atoms with Crippen molar-refractivity contribution in [3.8, 4) is 0 Å². The number of hydrogen-bond acceptors (Lipinski definition) is 9. The standard InChI is InChI=1S/C13H23N6O5P/c1-9(23-8-25(20,21)24-5-3-4-22-2)6-19-7-16-10-11(14)17-13(15)18-12(10)19/h7,9H,3-6,8H2,1-2H3,(H,20,21)(H4,14,15,17,18)/t9-/m1/s1. The Morgan fingerprint density at radius 1 is 1.36 bits per heavy atom. The van der Waals surface area contributed by atoms with E-state index in [-0.39, 0.29) is 18.4 Å². The quantitative estimate of drug-likeness (QED) is 0.396. The highest BCUT2D eigenvalue weighted by Gasteiger charge is 2.21. The lowest BCUT2D eigenvalue weighted by Gasteiger charge is -2.17. The third-order valence-corrected chi connectivity index (χ3v) is 4.33. The third-order valence-electron chi connectivity index (χ3n) is 3.27.